The SMILES string of the molecule is COc1c(C(=O)O)cnn1-c1cccc(C2=CCCC(C)=C2OCc2ccc3c(c2F)CCN(C2COC2)C3)n1. The second-order valence-corrected chi connectivity index (χ2v) is 10.3. The maximum absolute atomic E-state index is 15.6. The van der Waals surface area contributed by atoms with Crippen LogP contribution in [0.4, 0.5) is 4.39 Å². The molecule has 6 rings (SSSR count). The van der Waals surface area contributed by atoms with Crippen LogP contribution in [-0.2, 0) is 29.0 Å². The third kappa shape index (κ3) is 4.77. The number of allylic oxidation sites excluding steroid dienone is 3. The van der Waals surface area contributed by atoms with Crippen molar-refractivity contribution in [2.24, 2.45) is 0 Å². The number of pyridine rings is 1. The van der Waals surface area contributed by atoms with Crippen molar-refractivity contribution in [2.45, 2.75) is 45.4 Å². The highest BCUT2D eigenvalue weighted by atomic mass is 19.1. The number of ether oxygens (including phenoxy) is 3. The molecule has 1 N–H and O–H groups in total. The lowest BCUT2D eigenvalue weighted by molar-refractivity contribution is -0.0696. The molecule has 10 heteroatoms. The molecule has 9 nitrogen and oxygen atoms in total. The van der Waals surface area contributed by atoms with Crippen LogP contribution in [0, 0.1) is 5.82 Å². The van der Waals surface area contributed by atoms with E-state index in [0.717, 1.165) is 61.4 Å². The number of nitrogens with zero attached hydrogens (tertiary/aromatic N) is 4. The summed E-state index contributed by atoms with van der Waals surface area (Å²) in [7, 11) is 1.39. The summed E-state index contributed by atoms with van der Waals surface area (Å²) in [5.41, 5.74) is 4.82. The maximum Gasteiger partial charge on any atom is 0.342 e. The lowest BCUT2D eigenvalue weighted by Crippen LogP contribution is -2.50. The Bertz CT molecular complexity index is 1520. The summed E-state index contributed by atoms with van der Waals surface area (Å²) in [6.07, 6.45) is 5.64. The predicted molar refractivity (Wildman–Crippen MR) is 145 cm³/mol. The summed E-state index contributed by atoms with van der Waals surface area (Å²) < 4.78 is 33.9. The third-order valence-electron chi connectivity index (χ3n) is 7.83. The topological polar surface area (TPSA) is 98.9 Å². The van der Waals surface area contributed by atoms with Crippen LogP contribution in [0.2, 0.25) is 0 Å². The van der Waals surface area contributed by atoms with E-state index in [1.807, 2.05) is 31.2 Å². The molecule has 4 heterocycles. The van der Waals surface area contributed by atoms with Gasteiger partial charge in [0.15, 0.2) is 5.82 Å². The van der Waals surface area contributed by atoms with Gasteiger partial charge in [-0.2, -0.15) is 9.78 Å². The predicted octanol–water partition coefficient (Wildman–Crippen LogP) is 4.54. The van der Waals surface area contributed by atoms with E-state index in [0.29, 0.717) is 35.3 Å². The second kappa shape index (κ2) is 10.9. The van der Waals surface area contributed by atoms with Crippen molar-refractivity contribution in [3.8, 4) is 11.7 Å². The summed E-state index contributed by atoms with van der Waals surface area (Å²) >= 11 is 0. The van der Waals surface area contributed by atoms with E-state index >= 15 is 4.39 Å². The van der Waals surface area contributed by atoms with Crippen molar-refractivity contribution in [3.05, 3.63) is 87.7 Å². The minimum Gasteiger partial charge on any atom is -0.488 e. The molecule has 1 aromatic carbocycles. The van der Waals surface area contributed by atoms with Crippen LogP contribution < -0.4 is 4.74 Å². The molecule has 0 unspecified atom stereocenters. The van der Waals surface area contributed by atoms with E-state index in [-0.39, 0.29) is 23.9 Å². The van der Waals surface area contributed by atoms with Crippen molar-refractivity contribution in [1.82, 2.24) is 19.7 Å². The van der Waals surface area contributed by atoms with Crippen molar-refractivity contribution in [1.29, 1.82) is 0 Å². The Kier molecular flexibility index (Phi) is 7.12. The first-order chi connectivity index (χ1) is 19.4. The van der Waals surface area contributed by atoms with Gasteiger partial charge in [0.05, 0.1) is 38.3 Å². The zero-order valence-corrected chi connectivity index (χ0v) is 22.5. The minimum atomic E-state index is -1.14. The van der Waals surface area contributed by atoms with Crippen LogP contribution in [0.15, 0.2) is 53.9 Å². The van der Waals surface area contributed by atoms with Crippen LogP contribution in [0.5, 0.6) is 5.88 Å². The van der Waals surface area contributed by atoms with Gasteiger partial charge in [0.1, 0.15) is 23.7 Å². The highest BCUT2D eigenvalue weighted by molar-refractivity contribution is 5.90. The first kappa shape index (κ1) is 26.2. The fourth-order valence-corrected chi connectivity index (χ4v) is 5.51. The molecule has 208 valence electrons. The second-order valence-electron chi connectivity index (χ2n) is 10.3. The van der Waals surface area contributed by atoms with Crippen LogP contribution in [0.25, 0.3) is 11.4 Å². The van der Waals surface area contributed by atoms with Crippen molar-refractivity contribution < 1.29 is 28.5 Å². The van der Waals surface area contributed by atoms with Gasteiger partial charge in [-0.25, -0.2) is 14.2 Å². The molecule has 1 saturated heterocycles. The number of aromatic nitrogens is 3. The first-order valence-electron chi connectivity index (χ1n) is 13.4. The average molecular weight is 547 g/mol. The quantitative estimate of drug-likeness (QED) is 0.440. The van der Waals surface area contributed by atoms with E-state index in [4.69, 9.17) is 19.2 Å². The molecular weight excluding hydrogens is 515 g/mol. The van der Waals surface area contributed by atoms with Gasteiger partial charge in [0.2, 0.25) is 5.88 Å². The van der Waals surface area contributed by atoms with Gasteiger partial charge >= 0.3 is 5.97 Å². The van der Waals surface area contributed by atoms with Gasteiger partial charge in [-0.15, -0.1) is 0 Å². The molecule has 3 aliphatic rings. The highest BCUT2D eigenvalue weighted by Gasteiger charge is 2.30. The largest absolute Gasteiger partial charge is 0.488 e. The van der Waals surface area contributed by atoms with Crippen molar-refractivity contribution >= 4 is 11.5 Å². The molecule has 1 fully saturated rings. The number of rotatable bonds is 8. The minimum absolute atomic E-state index is 0.0526. The van der Waals surface area contributed by atoms with Gasteiger partial charge in [-0.05, 0) is 55.0 Å². The van der Waals surface area contributed by atoms with Crippen LogP contribution in [0.3, 0.4) is 0 Å². The highest BCUT2D eigenvalue weighted by Crippen LogP contribution is 2.35. The van der Waals surface area contributed by atoms with E-state index in [1.165, 1.54) is 18.0 Å². The van der Waals surface area contributed by atoms with Crippen LogP contribution in [-0.4, -0.2) is 63.7 Å². The standard InChI is InChI=1S/C30H31FN4O5/c1-18-5-3-6-23(25-7-4-8-26(33-25)35-29(38-2)24(13-32-35)30(36)37)28(18)40-15-20-10-9-19-14-34(21-16-39-17-21)12-11-22(19)27(20)31/h4,6-10,13,21H,3,5,11-12,14-17H2,1-2H3,(H,36,37). The number of carboxylic acids is 1. The molecule has 0 saturated carbocycles. The fourth-order valence-electron chi connectivity index (χ4n) is 5.51. The molecular formula is C30H31FN4O5. The number of halogens is 1. The Hall–Kier alpha value is -4.02. The number of fused-ring (bicyclic) bond motifs is 1. The van der Waals surface area contributed by atoms with Gasteiger partial charge in [0, 0.05) is 24.2 Å². The van der Waals surface area contributed by atoms with E-state index < -0.39 is 5.97 Å². The molecule has 0 atom stereocenters. The summed E-state index contributed by atoms with van der Waals surface area (Å²) in [5, 5.41) is 13.6. The molecule has 1 aliphatic carbocycles. The average Bonchev–Trinajstić information content (AvgIpc) is 3.37. The number of hydrogen-bond donors (Lipinski definition) is 1. The first-order valence-corrected chi connectivity index (χ1v) is 13.4. The number of methoxy groups -OCH3 is 1. The monoisotopic (exact) mass is 546 g/mol. The summed E-state index contributed by atoms with van der Waals surface area (Å²) in [4.78, 5) is 18.7. The van der Waals surface area contributed by atoms with E-state index in [9.17, 15) is 9.90 Å². The number of benzene rings is 1. The fraction of sp³-hybridized carbons (Fsp3) is 0.367. The summed E-state index contributed by atoms with van der Waals surface area (Å²) in [5.74, 6) is -0.133. The van der Waals surface area contributed by atoms with Gasteiger partial charge < -0.3 is 19.3 Å². The van der Waals surface area contributed by atoms with Gasteiger partial charge in [0.25, 0.3) is 0 Å². The normalized spacial score (nSPS) is 17.7. The lowest BCUT2D eigenvalue weighted by Gasteiger charge is -2.40. The van der Waals surface area contributed by atoms with Crippen molar-refractivity contribution in [2.75, 3.05) is 26.9 Å². The third-order valence-corrected chi connectivity index (χ3v) is 7.83. The van der Waals surface area contributed by atoms with Crippen LogP contribution >= 0.6 is 0 Å². The smallest absolute Gasteiger partial charge is 0.342 e. The molecule has 40 heavy (non-hydrogen) atoms. The number of carbonyl (C=O) groups is 1. The number of aromatic carboxylic acids is 1. The Balaban J connectivity index is 1.23. The zero-order chi connectivity index (χ0) is 27.8. The summed E-state index contributed by atoms with van der Waals surface area (Å²) in [6, 6.07) is 9.71. The summed E-state index contributed by atoms with van der Waals surface area (Å²) in [6.45, 7) is 5.21. The van der Waals surface area contributed by atoms with Crippen molar-refractivity contribution in [3.63, 3.8) is 0 Å². The maximum atomic E-state index is 15.6. The van der Waals surface area contributed by atoms with E-state index in [2.05, 4.69) is 16.1 Å². The molecule has 0 radical (unpaired) electrons. The van der Waals surface area contributed by atoms with E-state index in [1.54, 1.807) is 6.07 Å². The molecule has 2 aromatic heterocycles. The number of carboxylic acid groups (broad SMARTS) is 1. The number of hydrogen-bond acceptors (Lipinski definition) is 7. The Morgan fingerprint density at radius 3 is 2.83 bits per heavy atom. The molecule has 2 aliphatic heterocycles. The Morgan fingerprint density at radius 1 is 1.23 bits per heavy atom. The van der Waals surface area contributed by atoms with Gasteiger partial charge in [-0.1, -0.05) is 24.3 Å². The Labute approximate surface area is 231 Å². The van der Waals surface area contributed by atoms with Crippen LogP contribution in [0.1, 0.15) is 52.5 Å². The molecule has 3 aromatic rings. The lowest BCUT2D eigenvalue weighted by atomic mass is 9.94. The molecule has 0 spiro atoms. The Morgan fingerprint density at radius 2 is 2.08 bits per heavy atom. The molecule has 0 bridgehead atoms. The molecule has 0 amide bonds. The zero-order valence-electron chi connectivity index (χ0n) is 22.5. The van der Waals surface area contributed by atoms with Gasteiger partial charge in [-0.3, -0.25) is 4.90 Å².